The lowest BCUT2D eigenvalue weighted by Crippen LogP contribution is -2.50. The maximum atomic E-state index is 13.0. The zero-order valence-electron chi connectivity index (χ0n) is 17.1. The van der Waals surface area contributed by atoms with Gasteiger partial charge in [-0.1, -0.05) is 37.3 Å². The van der Waals surface area contributed by atoms with Gasteiger partial charge >= 0.3 is 0 Å². The Labute approximate surface area is 180 Å². The number of hydrogen-bond donors (Lipinski definition) is 2. The summed E-state index contributed by atoms with van der Waals surface area (Å²) in [6.07, 6.45) is 5.31. The zero-order chi connectivity index (χ0) is 21.1. The highest BCUT2D eigenvalue weighted by atomic mass is 32.1. The molecule has 1 aromatic heterocycles. The normalized spacial score (nSPS) is 19.7. The Kier molecular flexibility index (Phi) is 6.18. The second-order valence-electron chi connectivity index (χ2n) is 8.21. The number of piperidine rings is 1. The molecule has 30 heavy (non-hydrogen) atoms. The number of hydrazine groups is 1. The number of nitrogens with zero attached hydrogens (tertiary/aromatic N) is 1. The molecule has 3 amide bonds. The molecule has 0 bridgehead atoms. The van der Waals surface area contributed by atoms with E-state index in [1.165, 1.54) is 21.8 Å². The molecule has 2 unspecified atom stereocenters. The summed E-state index contributed by atoms with van der Waals surface area (Å²) in [4.78, 5) is 41.7. The molecule has 158 valence electrons. The van der Waals surface area contributed by atoms with Crippen molar-refractivity contribution in [2.45, 2.75) is 51.5 Å². The van der Waals surface area contributed by atoms with Crippen molar-refractivity contribution in [2.24, 2.45) is 5.92 Å². The van der Waals surface area contributed by atoms with Gasteiger partial charge < -0.3 is 4.90 Å². The lowest BCUT2D eigenvalue weighted by Gasteiger charge is -2.34. The van der Waals surface area contributed by atoms with Crippen molar-refractivity contribution >= 4 is 29.1 Å². The smallest absolute Gasteiger partial charge is 0.279 e. The molecule has 4 rings (SSSR count). The zero-order valence-corrected chi connectivity index (χ0v) is 18.0. The van der Waals surface area contributed by atoms with Gasteiger partial charge in [0.05, 0.1) is 4.88 Å². The molecule has 6 nitrogen and oxygen atoms in total. The highest BCUT2D eigenvalue weighted by molar-refractivity contribution is 7.14. The molecule has 1 aliphatic heterocycles. The van der Waals surface area contributed by atoms with E-state index in [2.05, 4.69) is 17.8 Å². The van der Waals surface area contributed by atoms with E-state index in [1.807, 2.05) is 36.4 Å². The average Bonchev–Trinajstić information content (AvgIpc) is 3.17. The fourth-order valence-corrected chi connectivity index (χ4v) is 5.38. The van der Waals surface area contributed by atoms with E-state index in [-0.39, 0.29) is 11.8 Å². The summed E-state index contributed by atoms with van der Waals surface area (Å²) in [5.74, 6) is -0.111. The number of aryl methyl sites for hydroxylation is 1. The molecule has 0 saturated carbocycles. The minimum absolute atomic E-state index is 0.0309. The Bertz CT molecular complexity index is 940. The van der Waals surface area contributed by atoms with Gasteiger partial charge in [0.25, 0.3) is 11.8 Å². The fraction of sp³-hybridized carbons (Fsp3) is 0.435. The first-order chi connectivity index (χ1) is 14.5. The average molecular weight is 426 g/mol. The lowest BCUT2D eigenvalue weighted by molar-refractivity contribution is -0.143. The molecule has 2 atom stereocenters. The number of benzene rings is 1. The van der Waals surface area contributed by atoms with E-state index in [1.54, 1.807) is 4.90 Å². The van der Waals surface area contributed by atoms with Gasteiger partial charge in [0.1, 0.15) is 6.04 Å². The highest BCUT2D eigenvalue weighted by Crippen LogP contribution is 2.32. The Morgan fingerprint density at radius 2 is 1.93 bits per heavy atom. The van der Waals surface area contributed by atoms with Crippen LogP contribution in [0.4, 0.5) is 0 Å². The van der Waals surface area contributed by atoms with Crippen molar-refractivity contribution in [1.29, 1.82) is 0 Å². The molecule has 1 saturated heterocycles. The number of carbonyl (C=O) groups excluding carboxylic acids is 3. The summed E-state index contributed by atoms with van der Waals surface area (Å²) < 4.78 is 0. The molecule has 0 spiro atoms. The fourth-order valence-electron chi connectivity index (χ4n) is 4.27. The highest BCUT2D eigenvalue weighted by Gasteiger charge is 2.33. The molecule has 7 heteroatoms. The van der Waals surface area contributed by atoms with Gasteiger partial charge in [-0.15, -0.1) is 11.3 Å². The largest absolute Gasteiger partial charge is 0.326 e. The summed E-state index contributed by atoms with van der Waals surface area (Å²) in [6, 6.07) is 10.4. The van der Waals surface area contributed by atoms with Crippen molar-refractivity contribution < 1.29 is 14.4 Å². The number of thiophene rings is 1. The molecule has 2 heterocycles. The van der Waals surface area contributed by atoms with Crippen LogP contribution in [0.15, 0.2) is 36.4 Å². The second-order valence-corrected chi connectivity index (χ2v) is 9.34. The monoisotopic (exact) mass is 425 g/mol. The predicted molar refractivity (Wildman–Crippen MR) is 116 cm³/mol. The summed E-state index contributed by atoms with van der Waals surface area (Å²) >= 11 is 1.50. The van der Waals surface area contributed by atoms with Crippen LogP contribution >= 0.6 is 11.3 Å². The summed E-state index contributed by atoms with van der Waals surface area (Å²) in [6.45, 7) is 2.77. The number of hydrogen-bond acceptors (Lipinski definition) is 4. The maximum Gasteiger partial charge on any atom is 0.279 e. The maximum absolute atomic E-state index is 13.0. The van der Waals surface area contributed by atoms with Crippen LogP contribution in [0.2, 0.25) is 0 Å². The number of rotatable bonds is 4. The first kappa shape index (κ1) is 20.6. The number of nitrogens with one attached hydrogen (secondary N) is 2. The van der Waals surface area contributed by atoms with Gasteiger partial charge in [0.15, 0.2) is 0 Å². The number of amides is 3. The van der Waals surface area contributed by atoms with Gasteiger partial charge in [-0.05, 0) is 55.2 Å². The second kappa shape index (κ2) is 9.00. The molecule has 2 N–H and O–H groups in total. The molecule has 2 aliphatic rings. The van der Waals surface area contributed by atoms with Crippen LogP contribution in [-0.4, -0.2) is 29.2 Å². The van der Waals surface area contributed by atoms with Crippen LogP contribution in [0.25, 0.3) is 0 Å². The molecular formula is C23H27N3O3S. The van der Waals surface area contributed by atoms with E-state index in [9.17, 15) is 14.4 Å². The third kappa shape index (κ3) is 4.41. The van der Waals surface area contributed by atoms with Crippen LogP contribution in [0.5, 0.6) is 0 Å². The van der Waals surface area contributed by atoms with Crippen LogP contribution in [0.1, 0.15) is 64.3 Å². The molecule has 1 aliphatic carbocycles. The van der Waals surface area contributed by atoms with E-state index >= 15 is 0 Å². The number of carbonyl (C=O) groups is 3. The lowest BCUT2D eigenvalue weighted by atomic mass is 9.90. The Balaban J connectivity index is 1.46. The first-order valence-electron chi connectivity index (χ1n) is 10.6. The van der Waals surface area contributed by atoms with Gasteiger partial charge in [-0.25, -0.2) is 0 Å². The molecule has 0 radical (unpaired) electrons. The minimum atomic E-state index is -0.753. The van der Waals surface area contributed by atoms with Crippen molar-refractivity contribution in [1.82, 2.24) is 15.8 Å². The Morgan fingerprint density at radius 1 is 1.13 bits per heavy atom. The quantitative estimate of drug-likeness (QED) is 0.737. The van der Waals surface area contributed by atoms with Crippen LogP contribution in [0.3, 0.4) is 0 Å². The Hall–Kier alpha value is -2.67. The summed E-state index contributed by atoms with van der Waals surface area (Å²) in [5.41, 5.74) is 7.10. The first-order valence-corrected chi connectivity index (χ1v) is 11.4. The van der Waals surface area contributed by atoms with Gasteiger partial charge in [-0.2, -0.15) is 0 Å². The minimum Gasteiger partial charge on any atom is -0.326 e. The number of likely N-dealkylation sites (tertiary alicyclic amines) is 1. The van der Waals surface area contributed by atoms with Gasteiger partial charge in [0.2, 0.25) is 5.91 Å². The third-order valence-corrected chi connectivity index (χ3v) is 7.12. The van der Waals surface area contributed by atoms with E-state index < -0.39 is 11.9 Å². The van der Waals surface area contributed by atoms with Crippen LogP contribution in [0, 0.1) is 5.92 Å². The summed E-state index contributed by atoms with van der Waals surface area (Å²) in [5, 5.41) is 0. The third-order valence-electron chi connectivity index (χ3n) is 5.89. The van der Waals surface area contributed by atoms with E-state index in [0.717, 1.165) is 37.7 Å². The number of fused-ring (bicyclic) bond motifs is 1. The van der Waals surface area contributed by atoms with Crippen LogP contribution < -0.4 is 10.9 Å². The Morgan fingerprint density at radius 3 is 2.70 bits per heavy atom. The topological polar surface area (TPSA) is 78.5 Å². The SMILES string of the molecule is CC1CCc2sc(C(=O)NNC(=O)C(c3ccccc3)N3CCCCC3=O)cc2C1. The molecule has 2 aromatic rings. The van der Waals surface area contributed by atoms with E-state index in [4.69, 9.17) is 0 Å². The van der Waals surface area contributed by atoms with Gasteiger partial charge in [-0.3, -0.25) is 25.2 Å². The van der Waals surface area contributed by atoms with E-state index in [0.29, 0.717) is 23.8 Å². The van der Waals surface area contributed by atoms with Crippen molar-refractivity contribution in [2.75, 3.05) is 6.54 Å². The molecular weight excluding hydrogens is 398 g/mol. The summed E-state index contributed by atoms with van der Waals surface area (Å²) in [7, 11) is 0. The van der Waals surface area contributed by atoms with Crippen molar-refractivity contribution in [3.63, 3.8) is 0 Å². The van der Waals surface area contributed by atoms with Crippen molar-refractivity contribution in [3.05, 3.63) is 57.3 Å². The molecule has 1 aromatic carbocycles. The van der Waals surface area contributed by atoms with Crippen LogP contribution in [-0.2, 0) is 22.4 Å². The standard InChI is InChI=1S/C23H27N3O3S/c1-15-10-11-18-17(13-15)14-19(30-18)22(28)24-25-23(29)21(16-7-3-2-4-8-16)26-12-6-5-9-20(26)27/h2-4,7-8,14-15,21H,5-6,9-13H2,1H3,(H,24,28)(H,25,29). The predicted octanol–water partition coefficient (Wildman–Crippen LogP) is 3.39. The van der Waals surface area contributed by atoms with Gasteiger partial charge in [0, 0.05) is 17.8 Å². The van der Waals surface area contributed by atoms with Crippen molar-refractivity contribution in [3.8, 4) is 0 Å². The molecule has 1 fully saturated rings.